The highest BCUT2D eigenvalue weighted by atomic mass is 16.5. The molecule has 0 aliphatic carbocycles. The number of hydrogen-bond donors (Lipinski definition) is 0. The van der Waals surface area contributed by atoms with Crippen molar-refractivity contribution >= 4 is 5.97 Å². The van der Waals surface area contributed by atoms with Crippen molar-refractivity contribution in [2.45, 2.75) is 12.5 Å². The minimum absolute atomic E-state index is 0.135. The number of carbonyl (C=O) groups excluding carboxylic acids is 1. The summed E-state index contributed by atoms with van der Waals surface area (Å²) in [5.74, 6) is -0.270. The average molecular weight is 198 g/mol. The lowest BCUT2D eigenvalue weighted by atomic mass is 10.2. The zero-order chi connectivity index (χ0) is 10.4. The van der Waals surface area contributed by atoms with Gasteiger partial charge < -0.3 is 9.47 Å². The first kappa shape index (κ1) is 11.0. The van der Waals surface area contributed by atoms with Gasteiger partial charge in [0.25, 0.3) is 0 Å². The van der Waals surface area contributed by atoms with E-state index in [0.29, 0.717) is 19.7 Å². The van der Waals surface area contributed by atoms with Crippen LogP contribution in [0.15, 0.2) is 0 Å². The number of methoxy groups -OCH3 is 1. The summed E-state index contributed by atoms with van der Waals surface area (Å²) < 4.78 is 9.92. The van der Waals surface area contributed by atoms with Gasteiger partial charge in [-0.05, 0) is 0 Å². The first-order chi connectivity index (χ1) is 6.76. The second kappa shape index (κ2) is 5.58. The smallest absolute Gasteiger partial charge is 0.308 e. The highest BCUT2D eigenvalue weighted by molar-refractivity contribution is 5.69. The molecular weight excluding hydrogens is 184 g/mol. The molecule has 0 amide bonds. The third-order valence-corrected chi connectivity index (χ3v) is 2.14. The lowest BCUT2D eigenvalue weighted by molar-refractivity contribution is -0.145. The molecule has 14 heavy (non-hydrogen) atoms. The maximum absolute atomic E-state index is 11.0. The maximum Gasteiger partial charge on any atom is 0.308 e. The molecule has 0 saturated carbocycles. The van der Waals surface area contributed by atoms with E-state index in [4.69, 9.17) is 10.00 Å². The largest absolute Gasteiger partial charge is 0.469 e. The molecule has 1 aliphatic rings. The van der Waals surface area contributed by atoms with E-state index in [1.54, 1.807) is 0 Å². The quantitative estimate of drug-likeness (QED) is 0.463. The van der Waals surface area contributed by atoms with Crippen molar-refractivity contribution in [3.05, 3.63) is 0 Å². The highest BCUT2D eigenvalue weighted by Crippen LogP contribution is 2.08. The topological polar surface area (TPSA) is 62.6 Å². The van der Waals surface area contributed by atoms with E-state index >= 15 is 0 Å². The molecule has 0 radical (unpaired) electrons. The van der Waals surface area contributed by atoms with Crippen molar-refractivity contribution in [1.29, 1.82) is 5.26 Å². The highest BCUT2D eigenvalue weighted by Gasteiger charge is 2.22. The van der Waals surface area contributed by atoms with Gasteiger partial charge in [-0.25, -0.2) is 0 Å². The van der Waals surface area contributed by atoms with Gasteiger partial charge >= 0.3 is 5.97 Å². The molecular formula is C9H14N2O3. The van der Waals surface area contributed by atoms with Crippen molar-refractivity contribution in [3.8, 4) is 6.07 Å². The van der Waals surface area contributed by atoms with Crippen LogP contribution in [0.5, 0.6) is 0 Å². The molecule has 1 saturated heterocycles. The summed E-state index contributed by atoms with van der Waals surface area (Å²) in [6, 6.07) is 2.08. The molecule has 1 heterocycles. The van der Waals surface area contributed by atoms with Gasteiger partial charge in [-0.2, -0.15) is 5.26 Å². The van der Waals surface area contributed by atoms with Crippen molar-refractivity contribution < 1.29 is 14.3 Å². The minimum atomic E-state index is -0.270. The van der Waals surface area contributed by atoms with Crippen LogP contribution in [0.2, 0.25) is 0 Å². The molecule has 0 N–H and O–H groups in total. The Hall–Kier alpha value is -1.12. The Bertz CT molecular complexity index is 237. The monoisotopic (exact) mass is 198 g/mol. The first-order valence-corrected chi connectivity index (χ1v) is 4.54. The fourth-order valence-electron chi connectivity index (χ4n) is 1.42. The lowest BCUT2D eigenvalue weighted by Crippen LogP contribution is -2.43. The van der Waals surface area contributed by atoms with Crippen LogP contribution in [0, 0.1) is 11.3 Å². The summed E-state index contributed by atoms with van der Waals surface area (Å²) in [6.07, 6.45) is 0.128. The second-order valence-electron chi connectivity index (χ2n) is 3.17. The number of ether oxygens (including phenoxy) is 2. The van der Waals surface area contributed by atoms with Gasteiger partial charge in [0.1, 0.15) is 0 Å². The number of hydrogen-bond acceptors (Lipinski definition) is 5. The predicted octanol–water partition coefficient (Wildman–Crippen LogP) is -0.226. The number of rotatable bonds is 3. The molecule has 78 valence electrons. The van der Waals surface area contributed by atoms with Crippen LogP contribution >= 0.6 is 0 Å². The molecule has 1 rings (SSSR count). The minimum Gasteiger partial charge on any atom is -0.469 e. The number of morpholine rings is 1. The van der Waals surface area contributed by atoms with Crippen LogP contribution in [-0.2, 0) is 14.3 Å². The van der Waals surface area contributed by atoms with E-state index in [1.165, 1.54) is 7.11 Å². The number of nitrogens with zero attached hydrogens (tertiary/aromatic N) is 2. The molecule has 0 aromatic carbocycles. The van der Waals surface area contributed by atoms with Crippen molar-refractivity contribution in [2.75, 3.05) is 33.4 Å². The molecule has 5 nitrogen and oxygen atoms in total. The molecule has 5 heteroatoms. The maximum atomic E-state index is 11.0. The fraction of sp³-hybridized carbons (Fsp3) is 0.778. The molecule has 1 fully saturated rings. The second-order valence-corrected chi connectivity index (χ2v) is 3.17. The van der Waals surface area contributed by atoms with Crippen LogP contribution < -0.4 is 0 Å². The summed E-state index contributed by atoms with van der Waals surface area (Å²) in [7, 11) is 1.36. The van der Waals surface area contributed by atoms with Gasteiger partial charge in [-0.15, -0.1) is 0 Å². The Balaban J connectivity index is 2.33. The van der Waals surface area contributed by atoms with E-state index < -0.39 is 0 Å². The van der Waals surface area contributed by atoms with E-state index in [0.717, 1.165) is 6.54 Å². The summed E-state index contributed by atoms with van der Waals surface area (Å²) in [5.41, 5.74) is 0. The van der Waals surface area contributed by atoms with Gasteiger partial charge in [0.15, 0.2) is 0 Å². The van der Waals surface area contributed by atoms with E-state index in [1.807, 2.05) is 4.90 Å². The van der Waals surface area contributed by atoms with Gasteiger partial charge in [0.05, 0.1) is 38.9 Å². The van der Waals surface area contributed by atoms with Gasteiger partial charge in [-0.3, -0.25) is 9.69 Å². The SMILES string of the molecule is COC(=O)CC1CN(CC#N)CCO1. The van der Waals surface area contributed by atoms with E-state index in [-0.39, 0.29) is 18.5 Å². The fourth-order valence-corrected chi connectivity index (χ4v) is 1.42. The normalized spacial score (nSPS) is 22.7. The van der Waals surface area contributed by atoms with Crippen LogP contribution in [0.25, 0.3) is 0 Å². The van der Waals surface area contributed by atoms with Crippen LogP contribution in [0.1, 0.15) is 6.42 Å². The predicted molar refractivity (Wildman–Crippen MR) is 48.4 cm³/mol. The first-order valence-electron chi connectivity index (χ1n) is 4.54. The summed E-state index contributed by atoms with van der Waals surface area (Å²) in [6.45, 7) is 2.35. The number of carbonyl (C=O) groups is 1. The molecule has 1 atom stereocenters. The lowest BCUT2D eigenvalue weighted by Gasteiger charge is -2.30. The Kier molecular flexibility index (Phi) is 4.36. The summed E-state index contributed by atoms with van der Waals surface area (Å²) in [4.78, 5) is 12.9. The van der Waals surface area contributed by atoms with Crippen LogP contribution in [-0.4, -0.2) is 50.3 Å². The van der Waals surface area contributed by atoms with Gasteiger partial charge in [0.2, 0.25) is 0 Å². The Morgan fingerprint density at radius 2 is 2.57 bits per heavy atom. The van der Waals surface area contributed by atoms with Crippen molar-refractivity contribution in [1.82, 2.24) is 4.90 Å². The van der Waals surface area contributed by atoms with Crippen LogP contribution in [0.4, 0.5) is 0 Å². The summed E-state index contributed by atoms with van der Waals surface area (Å²) in [5, 5.41) is 8.51. The molecule has 1 unspecified atom stereocenters. The van der Waals surface area contributed by atoms with E-state index in [9.17, 15) is 4.79 Å². The standard InChI is InChI=1S/C9H14N2O3/c1-13-9(12)6-8-7-11(3-2-10)4-5-14-8/h8H,3-7H2,1H3. The van der Waals surface area contributed by atoms with Gasteiger partial charge in [-0.1, -0.05) is 0 Å². The van der Waals surface area contributed by atoms with Crippen molar-refractivity contribution in [3.63, 3.8) is 0 Å². The molecule has 0 bridgehead atoms. The molecule has 0 aromatic rings. The summed E-state index contributed by atoms with van der Waals surface area (Å²) >= 11 is 0. The Morgan fingerprint density at radius 1 is 1.79 bits per heavy atom. The average Bonchev–Trinajstić information content (AvgIpc) is 2.19. The zero-order valence-corrected chi connectivity index (χ0v) is 8.23. The number of nitriles is 1. The van der Waals surface area contributed by atoms with Gasteiger partial charge in [0, 0.05) is 13.1 Å². The third kappa shape index (κ3) is 3.32. The van der Waals surface area contributed by atoms with E-state index in [2.05, 4.69) is 10.8 Å². The molecule has 1 aliphatic heterocycles. The van der Waals surface area contributed by atoms with Crippen LogP contribution in [0.3, 0.4) is 0 Å². The van der Waals surface area contributed by atoms with Crippen molar-refractivity contribution in [2.24, 2.45) is 0 Å². The number of esters is 1. The molecule has 0 spiro atoms. The third-order valence-electron chi connectivity index (χ3n) is 2.14. The Morgan fingerprint density at radius 3 is 3.21 bits per heavy atom. The Labute approximate surface area is 83.2 Å². The zero-order valence-electron chi connectivity index (χ0n) is 8.23. The molecule has 0 aromatic heterocycles.